The molecular weight excluding hydrogens is 403 g/mol. The summed E-state index contributed by atoms with van der Waals surface area (Å²) in [6.07, 6.45) is 2.31. The van der Waals surface area contributed by atoms with Gasteiger partial charge in [-0.05, 0) is 35.9 Å². The van der Waals surface area contributed by atoms with Crippen LogP contribution in [0.25, 0.3) is 16.8 Å². The average Bonchev–Trinajstić information content (AvgIpc) is 3.39. The van der Waals surface area contributed by atoms with E-state index in [4.69, 9.17) is 9.47 Å². The first-order valence-corrected chi connectivity index (χ1v) is 9.66. The van der Waals surface area contributed by atoms with Crippen molar-refractivity contribution in [2.45, 2.75) is 13.0 Å². The number of hydrogen-bond donors (Lipinski definition) is 1. The van der Waals surface area contributed by atoms with Crippen LogP contribution in [0.5, 0.6) is 5.75 Å². The summed E-state index contributed by atoms with van der Waals surface area (Å²) in [5.41, 5.74) is 2.38. The summed E-state index contributed by atoms with van der Waals surface area (Å²) in [7, 11) is 1.60. The molecule has 1 saturated heterocycles. The number of aromatic nitrogens is 2. The van der Waals surface area contributed by atoms with E-state index in [0.717, 1.165) is 16.9 Å². The fourth-order valence-corrected chi connectivity index (χ4v) is 3.33. The molecular formula is C22H21FN4O4. The quantitative estimate of drug-likeness (QED) is 0.657. The molecule has 2 heterocycles. The van der Waals surface area contributed by atoms with Gasteiger partial charge in [-0.15, -0.1) is 0 Å². The zero-order valence-corrected chi connectivity index (χ0v) is 17.0. The number of nitrogens with one attached hydrogen (secondary N) is 1. The normalized spacial score (nSPS) is 15.6. The second-order valence-electron chi connectivity index (χ2n) is 7.09. The van der Waals surface area contributed by atoms with Crippen molar-refractivity contribution in [3.8, 4) is 22.6 Å². The molecule has 0 aliphatic carbocycles. The molecule has 8 nitrogen and oxygen atoms in total. The highest BCUT2D eigenvalue weighted by atomic mass is 19.1. The molecule has 2 amide bonds. The van der Waals surface area contributed by atoms with Crippen molar-refractivity contribution in [3.05, 3.63) is 60.7 Å². The van der Waals surface area contributed by atoms with E-state index in [-0.39, 0.29) is 24.7 Å². The monoisotopic (exact) mass is 424 g/mol. The van der Waals surface area contributed by atoms with Gasteiger partial charge in [0.05, 0.1) is 32.1 Å². The van der Waals surface area contributed by atoms with Gasteiger partial charge in [-0.3, -0.25) is 9.69 Å². The number of benzene rings is 2. The van der Waals surface area contributed by atoms with Crippen molar-refractivity contribution in [3.63, 3.8) is 0 Å². The number of anilines is 1. The van der Waals surface area contributed by atoms with Gasteiger partial charge in [-0.25, -0.2) is 13.9 Å². The van der Waals surface area contributed by atoms with E-state index in [2.05, 4.69) is 10.4 Å². The molecule has 3 aromatic rings. The predicted octanol–water partition coefficient (Wildman–Crippen LogP) is 3.15. The highest BCUT2D eigenvalue weighted by Crippen LogP contribution is 2.27. The van der Waals surface area contributed by atoms with Crippen molar-refractivity contribution in [2.24, 2.45) is 0 Å². The van der Waals surface area contributed by atoms with Gasteiger partial charge in [0, 0.05) is 18.7 Å². The van der Waals surface area contributed by atoms with Crippen molar-refractivity contribution >= 4 is 17.7 Å². The maximum atomic E-state index is 14.9. The number of rotatable bonds is 6. The SMILES string of the molecule is COc1ccc(-c2cnn(-c3ccc(N4CC(CNC(C)=O)OC4=O)cc3F)c2)cc1. The Morgan fingerprint density at radius 2 is 2.03 bits per heavy atom. The molecule has 1 aliphatic rings. The summed E-state index contributed by atoms with van der Waals surface area (Å²) in [6, 6.07) is 11.9. The van der Waals surface area contributed by atoms with E-state index in [0.29, 0.717) is 5.69 Å². The molecule has 0 bridgehead atoms. The third kappa shape index (κ3) is 4.35. The second-order valence-corrected chi connectivity index (χ2v) is 7.09. The number of ether oxygens (including phenoxy) is 2. The topological polar surface area (TPSA) is 85.7 Å². The lowest BCUT2D eigenvalue weighted by atomic mass is 10.1. The van der Waals surface area contributed by atoms with Gasteiger partial charge in [-0.1, -0.05) is 12.1 Å². The Hall–Kier alpha value is -3.88. The maximum Gasteiger partial charge on any atom is 0.414 e. The van der Waals surface area contributed by atoms with E-state index < -0.39 is 18.0 Å². The minimum Gasteiger partial charge on any atom is -0.497 e. The van der Waals surface area contributed by atoms with E-state index in [1.807, 2.05) is 24.3 Å². The first-order valence-electron chi connectivity index (χ1n) is 9.66. The molecule has 2 aromatic carbocycles. The fourth-order valence-electron chi connectivity index (χ4n) is 3.33. The molecule has 1 unspecified atom stereocenters. The Balaban J connectivity index is 1.51. The smallest absolute Gasteiger partial charge is 0.414 e. The fraction of sp³-hybridized carbons (Fsp3) is 0.227. The minimum absolute atomic E-state index is 0.208. The van der Waals surface area contributed by atoms with Gasteiger partial charge in [-0.2, -0.15) is 5.10 Å². The van der Waals surface area contributed by atoms with Crippen molar-refractivity contribution in [2.75, 3.05) is 25.1 Å². The van der Waals surface area contributed by atoms with Crippen LogP contribution in [0.15, 0.2) is 54.9 Å². The molecule has 4 rings (SSSR count). The number of cyclic esters (lactones) is 1. The van der Waals surface area contributed by atoms with Gasteiger partial charge < -0.3 is 14.8 Å². The Labute approximate surface area is 178 Å². The summed E-state index contributed by atoms with van der Waals surface area (Å²) in [5, 5.41) is 6.87. The van der Waals surface area contributed by atoms with Crippen molar-refractivity contribution < 1.29 is 23.5 Å². The van der Waals surface area contributed by atoms with Crippen LogP contribution < -0.4 is 15.0 Å². The van der Waals surface area contributed by atoms with Gasteiger partial charge in [0.25, 0.3) is 0 Å². The minimum atomic E-state index is -0.580. The largest absolute Gasteiger partial charge is 0.497 e. The molecule has 1 atom stereocenters. The Bertz CT molecular complexity index is 1110. The van der Waals surface area contributed by atoms with Crippen LogP contribution in [0.3, 0.4) is 0 Å². The van der Waals surface area contributed by atoms with Crippen molar-refractivity contribution in [1.82, 2.24) is 15.1 Å². The van der Waals surface area contributed by atoms with E-state index in [1.54, 1.807) is 31.6 Å². The van der Waals surface area contributed by atoms with E-state index >= 15 is 0 Å². The van der Waals surface area contributed by atoms with Crippen LogP contribution in [0.4, 0.5) is 14.9 Å². The molecule has 1 fully saturated rings. The van der Waals surface area contributed by atoms with Crippen LogP contribution in [0.1, 0.15) is 6.92 Å². The summed E-state index contributed by atoms with van der Waals surface area (Å²) >= 11 is 0. The zero-order chi connectivity index (χ0) is 22.0. The molecule has 0 radical (unpaired) electrons. The number of methoxy groups -OCH3 is 1. The Morgan fingerprint density at radius 3 is 2.71 bits per heavy atom. The summed E-state index contributed by atoms with van der Waals surface area (Å²) in [4.78, 5) is 24.5. The van der Waals surface area contributed by atoms with Crippen LogP contribution in [0.2, 0.25) is 0 Å². The number of hydrogen-bond acceptors (Lipinski definition) is 5. The molecule has 1 aromatic heterocycles. The number of carbonyl (C=O) groups excluding carboxylic acids is 2. The van der Waals surface area contributed by atoms with E-state index in [9.17, 15) is 14.0 Å². The average molecular weight is 424 g/mol. The lowest BCUT2D eigenvalue weighted by molar-refractivity contribution is -0.119. The second kappa shape index (κ2) is 8.47. The lowest BCUT2D eigenvalue weighted by Gasteiger charge is -2.14. The van der Waals surface area contributed by atoms with E-state index in [1.165, 1.54) is 22.6 Å². The first-order chi connectivity index (χ1) is 14.9. The molecule has 31 heavy (non-hydrogen) atoms. The lowest BCUT2D eigenvalue weighted by Crippen LogP contribution is -2.33. The first kappa shape index (κ1) is 20.4. The number of halogens is 1. The Kier molecular flexibility index (Phi) is 5.57. The number of nitrogens with zero attached hydrogens (tertiary/aromatic N) is 3. The Morgan fingerprint density at radius 1 is 1.26 bits per heavy atom. The van der Waals surface area contributed by atoms with Gasteiger partial charge in [0.1, 0.15) is 17.5 Å². The summed E-state index contributed by atoms with van der Waals surface area (Å²) < 4.78 is 26.7. The number of carbonyl (C=O) groups is 2. The predicted molar refractivity (Wildman–Crippen MR) is 112 cm³/mol. The molecule has 9 heteroatoms. The van der Waals surface area contributed by atoms with Crippen LogP contribution >= 0.6 is 0 Å². The van der Waals surface area contributed by atoms with Crippen LogP contribution in [-0.2, 0) is 9.53 Å². The maximum absolute atomic E-state index is 14.9. The molecule has 0 spiro atoms. The third-order valence-electron chi connectivity index (χ3n) is 4.95. The summed E-state index contributed by atoms with van der Waals surface area (Å²) in [5.74, 6) is 0.00986. The molecule has 0 saturated carbocycles. The highest BCUT2D eigenvalue weighted by molar-refractivity contribution is 5.90. The summed E-state index contributed by atoms with van der Waals surface area (Å²) in [6.45, 7) is 1.82. The zero-order valence-electron chi connectivity index (χ0n) is 17.0. The molecule has 1 N–H and O–H groups in total. The highest BCUT2D eigenvalue weighted by Gasteiger charge is 2.32. The van der Waals surface area contributed by atoms with Gasteiger partial charge >= 0.3 is 6.09 Å². The standard InChI is InChI=1S/C22H21FN4O4/c1-14(28)24-11-19-13-26(22(29)31-19)17-5-8-21(20(23)9-17)27-12-16(10-25-27)15-3-6-18(30-2)7-4-15/h3-10,12,19H,11,13H2,1-2H3,(H,24,28). The van der Waals surface area contributed by atoms with Crippen LogP contribution in [0, 0.1) is 5.82 Å². The van der Waals surface area contributed by atoms with Crippen molar-refractivity contribution in [1.29, 1.82) is 0 Å². The number of amides is 2. The third-order valence-corrected chi connectivity index (χ3v) is 4.95. The van der Waals surface area contributed by atoms with Gasteiger partial charge in [0.2, 0.25) is 5.91 Å². The van der Waals surface area contributed by atoms with Gasteiger partial charge in [0.15, 0.2) is 5.82 Å². The molecule has 1 aliphatic heterocycles. The van der Waals surface area contributed by atoms with Crippen LogP contribution in [-0.4, -0.2) is 48.1 Å². The molecule has 160 valence electrons.